The van der Waals surface area contributed by atoms with Gasteiger partial charge in [-0.25, -0.2) is 18.1 Å². The van der Waals surface area contributed by atoms with Crippen molar-refractivity contribution >= 4 is 0 Å². The molecule has 2 aromatic carbocycles. The minimum atomic E-state index is -0.801. The lowest BCUT2D eigenvalue weighted by Gasteiger charge is -2.16. The lowest BCUT2D eigenvalue weighted by atomic mass is 10.0. The van der Waals surface area contributed by atoms with E-state index in [9.17, 15) is 0 Å². The smallest absolute Gasteiger partial charge is 0.416 e. The van der Waals surface area contributed by atoms with Crippen LogP contribution in [0.15, 0.2) is 42.7 Å². The van der Waals surface area contributed by atoms with Crippen LogP contribution in [-0.4, -0.2) is 15.8 Å². The normalized spacial score (nSPS) is 17.7. The quantitative estimate of drug-likeness (QED) is 0.603. The summed E-state index contributed by atoms with van der Waals surface area (Å²) in [5, 5.41) is 0. The zero-order valence-electron chi connectivity index (χ0n) is 15.4. The average Bonchev–Trinajstić information content (AvgIpc) is 3.24. The van der Waals surface area contributed by atoms with Gasteiger partial charge >= 0.3 is 12.3 Å². The molecule has 27 heavy (non-hydrogen) atoms. The minimum absolute atomic E-state index is 0.592. The Kier molecular flexibility index (Phi) is 3.94. The fourth-order valence-electron chi connectivity index (χ4n) is 3.90. The number of fused-ring (bicyclic) bond motifs is 1. The topological polar surface area (TPSA) is 35.8 Å². The van der Waals surface area contributed by atoms with Crippen LogP contribution in [0.4, 0.5) is 0 Å². The van der Waals surface area contributed by atoms with Crippen LogP contribution in [0.5, 0.6) is 5.75 Å². The third kappa shape index (κ3) is 2.56. The van der Waals surface area contributed by atoms with Gasteiger partial charge in [0.05, 0.1) is 16.8 Å². The first kappa shape index (κ1) is 16.9. The van der Waals surface area contributed by atoms with E-state index in [2.05, 4.69) is 52.1 Å². The van der Waals surface area contributed by atoms with Gasteiger partial charge in [0.1, 0.15) is 5.82 Å². The summed E-state index contributed by atoms with van der Waals surface area (Å²) >= 11 is 0. The predicted octanol–water partition coefficient (Wildman–Crippen LogP) is 5.06. The Hall–Kier alpha value is -3.57. The van der Waals surface area contributed by atoms with Crippen LogP contribution < -0.4 is 4.74 Å². The van der Waals surface area contributed by atoms with Gasteiger partial charge in [0.2, 0.25) is 0 Å². The van der Waals surface area contributed by atoms with E-state index in [1.807, 2.05) is 24.4 Å². The minimum Gasteiger partial charge on any atom is -0.416 e. The van der Waals surface area contributed by atoms with Crippen LogP contribution in [0, 0.1) is 33.9 Å². The van der Waals surface area contributed by atoms with E-state index in [0.29, 0.717) is 5.75 Å². The van der Waals surface area contributed by atoms with Crippen LogP contribution in [-0.2, 0) is 0 Å². The molecule has 0 N–H and O–H groups in total. The molecule has 2 unspecified atom stereocenters. The van der Waals surface area contributed by atoms with E-state index in [0.717, 1.165) is 22.6 Å². The van der Waals surface area contributed by atoms with Gasteiger partial charge in [-0.3, -0.25) is 14.3 Å². The SMILES string of the molecule is [C-]#[N+]C1Oc2c(-c3nccn3-c3c(C)cc(C)cc3C)cccc2C1[N+]#[C-]. The van der Waals surface area contributed by atoms with Gasteiger partial charge in [-0.1, -0.05) is 23.8 Å². The van der Waals surface area contributed by atoms with Crippen molar-refractivity contribution < 1.29 is 4.74 Å². The molecule has 3 aromatic rings. The zero-order chi connectivity index (χ0) is 19.1. The summed E-state index contributed by atoms with van der Waals surface area (Å²) in [7, 11) is 0. The number of rotatable bonds is 2. The highest BCUT2D eigenvalue weighted by Crippen LogP contribution is 2.45. The summed E-state index contributed by atoms with van der Waals surface area (Å²) in [6.07, 6.45) is 2.90. The standard InChI is InChI=1S/C22H18N4O/c1-13-11-14(2)19(15(3)12-13)26-10-9-25-21(26)17-8-6-7-16-18(23-4)22(24-5)27-20(16)17/h6-12,18,22H,1-3H3. The molecule has 2 heterocycles. The maximum Gasteiger partial charge on any atom is 0.446 e. The summed E-state index contributed by atoms with van der Waals surface area (Å²) in [6, 6.07) is 9.41. The fraction of sp³-hybridized carbons (Fsp3) is 0.227. The Balaban J connectivity index is 1.92. The van der Waals surface area contributed by atoms with Crippen molar-refractivity contribution in [2.45, 2.75) is 33.0 Å². The van der Waals surface area contributed by atoms with Crippen molar-refractivity contribution in [3.8, 4) is 22.8 Å². The third-order valence-electron chi connectivity index (χ3n) is 4.90. The summed E-state index contributed by atoms with van der Waals surface area (Å²) < 4.78 is 7.92. The van der Waals surface area contributed by atoms with E-state index >= 15 is 0 Å². The Bertz CT molecular complexity index is 1110. The van der Waals surface area contributed by atoms with Gasteiger partial charge in [0, 0.05) is 12.4 Å². The summed E-state index contributed by atoms with van der Waals surface area (Å²) in [4.78, 5) is 11.7. The van der Waals surface area contributed by atoms with Gasteiger partial charge < -0.3 is 4.74 Å². The number of nitrogens with zero attached hydrogens (tertiary/aromatic N) is 4. The molecule has 5 heteroatoms. The molecule has 0 spiro atoms. The summed E-state index contributed by atoms with van der Waals surface area (Å²) in [5.74, 6) is 1.34. The molecule has 1 aromatic heterocycles. The molecule has 0 bridgehead atoms. The first-order chi connectivity index (χ1) is 13.0. The Morgan fingerprint density at radius 2 is 1.81 bits per heavy atom. The third-order valence-corrected chi connectivity index (χ3v) is 4.90. The maximum atomic E-state index is 7.44. The number of benzene rings is 2. The van der Waals surface area contributed by atoms with E-state index in [-0.39, 0.29) is 0 Å². The van der Waals surface area contributed by atoms with Crippen LogP contribution >= 0.6 is 0 Å². The van der Waals surface area contributed by atoms with Gasteiger partial charge in [0.25, 0.3) is 0 Å². The number of aromatic nitrogens is 2. The largest absolute Gasteiger partial charge is 0.446 e. The Labute approximate surface area is 158 Å². The van der Waals surface area contributed by atoms with Crippen molar-refractivity contribution in [3.05, 3.63) is 87.8 Å². The number of ether oxygens (including phenoxy) is 1. The second-order valence-corrected chi connectivity index (χ2v) is 6.80. The zero-order valence-corrected chi connectivity index (χ0v) is 15.4. The van der Waals surface area contributed by atoms with Crippen LogP contribution in [0.2, 0.25) is 0 Å². The molecule has 1 aliphatic rings. The number of para-hydroxylation sites is 1. The molecule has 4 rings (SSSR count). The first-order valence-corrected chi connectivity index (χ1v) is 8.69. The van der Waals surface area contributed by atoms with E-state index in [1.165, 1.54) is 16.7 Å². The first-order valence-electron chi connectivity index (χ1n) is 8.69. The van der Waals surface area contributed by atoms with Crippen LogP contribution in [0.3, 0.4) is 0 Å². The van der Waals surface area contributed by atoms with Crippen molar-refractivity contribution in [1.82, 2.24) is 9.55 Å². The molecule has 0 radical (unpaired) electrons. The molecule has 132 valence electrons. The molecular formula is C22H18N4O. The molecule has 0 amide bonds. The molecule has 0 fully saturated rings. The van der Waals surface area contributed by atoms with Crippen LogP contribution in [0.1, 0.15) is 28.3 Å². The average molecular weight is 354 g/mol. The highest BCUT2D eigenvalue weighted by atomic mass is 16.5. The van der Waals surface area contributed by atoms with Gasteiger partial charge in [-0.2, -0.15) is 0 Å². The predicted molar refractivity (Wildman–Crippen MR) is 104 cm³/mol. The maximum absolute atomic E-state index is 7.44. The van der Waals surface area contributed by atoms with E-state index in [4.69, 9.17) is 17.9 Å². The lowest BCUT2D eigenvalue weighted by Crippen LogP contribution is -2.10. The molecule has 0 saturated heterocycles. The number of hydrogen-bond acceptors (Lipinski definition) is 2. The molecule has 5 nitrogen and oxygen atoms in total. The number of hydrogen-bond donors (Lipinski definition) is 0. The van der Waals surface area contributed by atoms with Gasteiger partial charge in [-0.15, -0.1) is 0 Å². The van der Waals surface area contributed by atoms with Crippen LogP contribution in [0.25, 0.3) is 26.8 Å². The molecule has 0 saturated carbocycles. The fourth-order valence-corrected chi connectivity index (χ4v) is 3.90. The van der Waals surface area contributed by atoms with Gasteiger partial charge in [-0.05, 0) is 44.0 Å². The summed E-state index contributed by atoms with van der Waals surface area (Å²) in [5.41, 5.74) is 6.20. The second-order valence-electron chi connectivity index (χ2n) is 6.80. The Morgan fingerprint density at radius 3 is 2.48 bits per heavy atom. The molecule has 1 aliphatic heterocycles. The highest BCUT2D eigenvalue weighted by Gasteiger charge is 2.46. The Morgan fingerprint density at radius 1 is 1.07 bits per heavy atom. The van der Waals surface area contributed by atoms with Crippen molar-refractivity contribution in [1.29, 1.82) is 0 Å². The van der Waals surface area contributed by atoms with E-state index < -0.39 is 12.3 Å². The molecule has 2 atom stereocenters. The van der Waals surface area contributed by atoms with Crippen molar-refractivity contribution in [3.63, 3.8) is 0 Å². The van der Waals surface area contributed by atoms with Gasteiger partial charge in [0.15, 0.2) is 5.75 Å². The van der Waals surface area contributed by atoms with Crippen molar-refractivity contribution in [2.24, 2.45) is 0 Å². The number of imidazole rings is 1. The summed E-state index contributed by atoms with van der Waals surface area (Å²) in [6.45, 7) is 21.1. The monoisotopic (exact) mass is 354 g/mol. The lowest BCUT2D eigenvalue weighted by molar-refractivity contribution is 0.268. The molecular weight excluding hydrogens is 336 g/mol. The second kappa shape index (κ2) is 6.30. The highest BCUT2D eigenvalue weighted by molar-refractivity contribution is 5.71. The van der Waals surface area contributed by atoms with Crippen molar-refractivity contribution in [2.75, 3.05) is 0 Å². The molecule has 0 aliphatic carbocycles. The van der Waals surface area contributed by atoms with E-state index in [1.54, 1.807) is 6.20 Å². The number of aryl methyl sites for hydroxylation is 3.